The van der Waals surface area contributed by atoms with Crippen LogP contribution in [0.15, 0.2) is 35.4 Å². The Labute approximate surface area is 138 Å². The van der Waals surface area contributed by atoms with Crippen LogP contribution in [0.4, 0.5) is 0 Å². The molecule has 0 bridgehead atoms. The third kappa shape index (κ3) is 2.57. The number of nitrogens with zero attached hydrogens (tertiary/aromatic N) is 5. The summed E-state index contributed by atoms with van der Waals surface area (Å²) in [6, 6.07) is 7.64. The van der Waals surface area contributed by atoms with E-state index < -0.39 is 0 Å². The minimum atomic E-state index is -0.201. The van der Waals surface area contributed by atoms with Crippen LogP contribution in [0.2, 0.25) is 0 Å². The van der Waals surface area contributed by atoms with Crippen LogP contribution in [0.3, 0.4) is 0 Å². The van der Waals surface area contributed by atoms with Crippen molar-refractivity contribution in [2.24, 2.45) is 0 Å². The molecule has 0 saturated heterocycles. The third-order valence-corrected chi connectivity index (χ3v) is 4.32. The first-order valence-electron chi connectivity index (χ1n) is 7.90. The smallest absolute Gasteiger partial charge is 0.272 e. The summed E-state index contributed by atoms with van der Waals surface area (Å²) in [6.07, 6.45) is 5.33. The molecular weight excluding hydrogens is 304 g/mol. The number of nitrogens with one attached hydrogen (secondary N) is 1. The predicted molar refractivity (Wildman–Crippen MR) is 87.2 cm³/mol. The number of aromatic nitrogens is 4. The molecule has 1 aliphatic heterocycles. The summed E-state index contributed by atoms with van der Waals surface area (Å²) < 4.78 is 1.30. The highest BCUT2D eigenvalue weighted by Crippen LogP contribution is 2.18. The first kappa shape index (κ1) is 14.6. The number of aryl methyl sites for hydroxylation is 1. The Morgan fingerprint density at radius 1 is 1.42 bits per heavy atom. The van der Waals surface area contributed by atoms with Gasteiger partial charge in [-0.2, -0.15) is 5.26 Å². The molecule has 0 radical (unpaired) electrons. The lowest BCUT2D eigenvalue weighted by Crippen LogP contribution is -2.25. The summed E-state index contributed by atoms with van der Waals surface area (Å²) in [5.74, 6) is 0. The average Bonchev–Trinajstić information content (AvgIpc) is 2.88. The second-order valence-electron chi connectivity index (χ2n) is 5.97. The Kier molecular flexibility index (Phi) is 3.59. The van der Waals surface area contributed by atoms with Crippen LogP contribution in [0.1, 0.15) is 28.9 Å². The van der Waals surface area contributed by atoms with Gasteiger partial charge in [0, 0.05) is 37.2 Å². The highest BCUT2D eigenvalue weighted by Gasteiger charge is 2.17. The number of aromatic amines is 1. The zero-order valence-electron chi connectivity index (χ0n) is 13.1. The monoisotopic (exact) mass is 320 g/mol. The van der Waals surface area contributed by atoms with Gasteiger partial charge in [0.2, 0.25) is 0 Å². The average molecular weight is 320 g/mol. The fourth-order valence-corrected chi connectivity index (χ4v) is 3.19. The molecule has 4 heterocycles. The van der Waals surface area contributed by atoms with Gasteiger partial charge in [-0.25, -0.2) is 9.50 Å². The Bertz CT molecular complexity index is 996. The highest BCUT2D eigenvalue weighted by molar-refractivity contribution is 5.53. The minimum absolute atomic E-state index is 0.201. The van der Waals surface area contributed by atoms with Gasteiger partial charge >= 0.3 is 0 Å². The topological polar surface area (TPSA) is 90.1 Å². The molecule has 120 valence electrons. The van der Waals surface area contributed by atoms with E-state index in [9.17, 15) is 4.79 Å². The maximum atomic E-state index is 12.2. The van der Waals surface area contributed by atoms with E-state index in [2.05, 4.69) is 32.1 Å². The molecule has 0 fully saturated rings. The maximum absolute atomic E-state index is 12.2. The Hall–Kier alpha value is -2.98. The van der Waals surface area contributed by atoms with Gasteiger partial charge in [0.25, 0.3) is 5.56 Å². The molecule has 4 rings (SSSR count). The van der Waals surface area contributed by atoms with E-state index in [0.717, 1.165) is 31.6 Å². The van der Waals surface area contributed by atoms with Gasteiger partial charge < -0.3 is 0 Å². The maximum Gasteiger partial charge on any atom is 0.272 e. The predicted octanol–water partition coefficient (Wildman–Crippen LogP) is 1.24. The molecule has 0 amide bonds. The molecule has 7 nitrogen and oxygen atoms in total. The lowest BCUT2D eigenvalue weighted by Gasteiger charge is -2.19. The van der Waals surface area contributed by atoms with Crippen LogP contribution >= 0.6 is 0 Å². The van der Waals surface area contributed by atoms with Crippen molar-refractivity contribution in [2.75, 3.05) is 6.54 Å². The van der Waals surface area contributed by atoms with Crippen LogP contribution in [0, 0.1) is 11.3 Å². The number of rotatable bonds is 2. The number of pyridine rings is 1. The van der Waals surface area contributed by atoms with Crippen LogP contribution in [0.25, 0.3) is 5.65 Å². The molecule has 0 unspecified atom stereocenters. The number of fused-ring (bicyclic) bond motifs is 2. The first-order chi connectivity index (χ1) is 11.7. The Morgan fingerprint density at radius 3 is 3.21 bits per heavy atom. The van der Waals surface area contributed by atoms with Crippen molar-refractivity contribution < 1.29 is 0 Å². The molecule has 0 aliphatic carbocycles. The molecule has 1 N–H and O–H groups in total. The zero-order valence-corrected chi connectivity index (χ0v) is 13.1. The molecule has 0 spiro atoms. The molecular formula is C17H16N6O. The van der Waals surface area contributed by atoms with E-state index in [1.54, 1.807) is 0 Å². The van der Waals surface area contributed by atoms with Crippen LogP contribution in [-0.4, -0.2) is 31.0 Å². The Balaban J connectivity index is 1.65. The first-order valence-corrected chi connectivity index (χ1v) is 7.90. The summed E-state index contributed by atoms with van der Waals surface area (Å²) in [5.41, 5.74) is 3.63. The number of H-pyrrole nitrogens is 1. The highest BCUT2D eigenvalue weighted by atomic mass is 16.1. The van der Waals surface area contributed by atoms with Crippen molar-refractivity contribution in [1.29, 1.82) is 5.26 Å². The van der Waals surface area contributed by atoms with E-state index in [4.69, 9.17) is 5.26 Å². The lowest BCUT2D eigenvalue weighted by molar-refractivity contribution is 0.258. The van der Waals surface area contributed by atoms with Gasteiger partial charge in [0.15, 0.2) is 5.65 Å². The number of hydrogen-bond acceptors (Lipinski definition) is 5. The third-order valence-electron chi connectivity index (χ3n) is 4.32. The Morgan fingerprint density at radius 2 is 2.33 bits per heavy atom. The van der Waals surface area contributed by atoms with Crippen molar-refractivity contribution in [3.63, 3.8) is 0 Å². The zero-order chi connectivity index (χ0) is 16.5. The van der Waals surface area contributed by atoms with Crippen LogP contribution in [0.5, 0.6) is 0 Å². The van der Waals surface area contributed by atoms with Gasteiger partial charge in [-0.15, -0.1) is 0 Å². The van der Waals surface area contributed by atoms with Gasteiger partial charge in [-0.3, -0.25) is 19.8 Å². The second-order valence-corrected chi connectivity index (χ2v) is 5.97. The molecule has 24 heavy (non-hydrogen) atoms. The minimum Gasteiger partial charge on any atom is -0.295 e. The molecule has 3 aromatic heterocycles. The van der Waals surface area contributed by atoms with Crippen molar-refractivity contribution in [1.82, 2.24) is 24.5 Å². The van der Waals surface area contributed by atoms with Crippen molar-refractivity contribution in [2.45, 2.75) is 25.9 Å². The molecule has 1 aliphatic rings. The number of nitriles is 1. The van der Waals surface area contributed by atoms with Crippen LogP contribution in [-0.2, 0) is 19.5 Å². The molecule has 3 aromatic rings. The van der Waals surface area contributed by atoms with Gasteiger partial charge in [-0.1, -0.05) is 6.07 Å². The SMILES string of the molecule is N#Cc1c[nH]n2c(=O)cc(CN3CCCc4ncccc4C3)nc12. The largest absolute Gasteiger partial charge is 0.295 e. The summed E-state index contributed by atoms with van der Waals surface area (Å²) in [5, 5.41) is 11.9. The fraction of sp³-hybridized carbons (Fsp3) is 0.294. The molecule has 7 heteroatoms. The van der Waals surface area contributed by atoms with E-state index in [1.807, 2.05) is 12.3 Å². The van der Waals surface area contributed by atoms with E-state index >= 15 is 0 Å². The van der Waals surface area contributed by atoms with Gasteiger partial charge in [-0.05, 0) is 31.0 Å². The number of hydrogen-bond donors (Lipinski definition) is 1. The summed E-state index contributed by atoms with van der Waals surface area (Å²) >= 11 is 0. The van der Waals surface area contributed by atoms with Crippen LogP contribution < -0.4 is 5.56 Å². The fourth-order valence-electron chi connectivity index (χ4n) is 3.19. The van der Waals surface area contributed by atoms with E-state index in [0.29, 0.717) is 23.4 Å². The molecule has 0 saturated carbocycles. The molecule has 0 atom stereocenters. The van der Waals surface area contributed by atoms with Gasteiger partial charge in [0.05, 0.1) is 5.69 Å². The van der Waals surface area contributed by atoms with Gasteiger partial charge in [0.1, 0.15) is 11.6 Å². The second kappa shape index (κ2) is 5.91. The van der Waals surface area contributed by atoms with E-state index in [1.165, 1.54) is 22.3 Å². The quantitative estimate of drug-likeness (QED) is 0.767. The normalized spacial score (nSPS) is 15.0. The lowest BCUT2D eigenvalue weighted by atomic mass is 10.1. The van der Waals surface area contributed by atoms with Crippen molar-refractivity contribution in [3.05, 3.63) is 63.5 Å². The summed E-state index contributed by atoms with van der Waals surface area (Å²) in [7, 11) is 0. The van der Waals surface area contributed by atoms with E-state index in [-0.39, 0.29) is 5.56 Å². The summed E-state index contributed by atoms with van der Waals surface area (Å²) in [6.45, 7) is 2.30. The standard InChI is InChI=1S/C17H16N6O/c18-8-13-9-20-23-16(24)7-14(21-17(13)23)11-22-6-2-4-15-12(10-22)3-1-5-19-15/h1,3,5,7,9,20H,2,4,6,10-11H2. The van der Waals surface area contributed by atoms with Crippen molar-refractivity contribution in [3.8, 4) is 6.07 Å². The molecule has 0 aromatic carbocycles. The summed E-state index contributed by atoms with van der Waals surface area (Å²) in [4.78, 5) is 23.4. The van der Waals surface area contributed by atoms with Crippen molar-refractivity contribution >= 4 is 5.65 Å².